The number of nitrogens with one attached hydrogen (secondary N) is 1. The summed E-state index contributed by atoms with van der Waals surface area (Å²) in [5.41, 5.74) is 5.39. The second kappa shape index (κ2) is 7.68. The third-order valence-electron chi connectivity index (χ3n) is 10.7. The van der Waals surface area contributed by atoms with Crippen molar-refractivity contribution in [3.05, 3.63) is 22.8 Å². The van der Waals surface area contributed by atoms with Crippen LogP contribution in [0.3, 0.4) is 0 Å². The van der Waals surface area contributed by atoms with Crippen LogP contribution in [0.15, 0.2) is 22.8 Å². The lowest BCUT2D eigenvalue weighted by atomic mass is 9.56. The van der Waals surface area contributed by atoms with E-state index in [9.17, 15) is 5.11 Å². The molecule has 0 bridgehead atoms. The van der Waals surface area contributed by atoms with Crippen molar-refractivity contribution < 1.29 is 15.3 Å². The molecule has 4 nitrogen and oxygen atoms in total. The minimum Gasteiger partial charge on any atom is -0.412 e. The van der Waals surface area contributed by atoms with Crippen LogP contribution in [-0.4, -0.2) is 41.5 Å². The van der Waals surface area contributed by atoms with Crippen LogP contribution in [0.1, 0.15) is 72.6 Å². The Hall–Kier alpha value is -0.680. The van der Waals surface area contributed by atoms with E-state index in [1.54, 1.807) is 11.1 Å². The molecule has 0 radical (unpaired) electrons. The van der Waals surface area contributed by atoms with Gasteiger partial charge >= 0.3 is 0 Å². The molecule has 4 N–H and O–H groups in total. The predicted molar refractivity (Wildman–Crippen MR) is 124 cm³/mol. The Morgan fingerprint density at radius 3 is 2.77 bits per heavy atom. The van der Waals surface area contributed by atoms with Crippen LogP contribution in [0.25, 0.3) is 0 Å². The molecule has 0 aromatic carbocycles. The normalized spacial score (nSPS) is 53.3. The molecule has 174 valence electrons. The van der Waals surface area contributed by atoms with Crippen molar-refractivity contribution in [3.8, 4) is 0 Å². The maximum absolute atomic E-state index is 10.3. The van der Waals surface area contributed by atoms with Crippen LogP contribution in [0, 0.1) is 40.9 Å². The average Bonchev–Trinajstić information content (AvgIpc) is 3.09. The maximum atomic E-state index is 10.3. The first-order valence-electron chi connectivity index (χ1n) is 12.8. The molecule has 0 aromatic rings. The average molecular weight is 430 g/mol. The largest absolute Gasteiger partial charge is 0.412 e. The van der Waals surface area contributed by atoms with Crippen LogP contribution in [-0.2, 0) is 4.74 Å². The Labute approximate surface area is 188 Å². The van der Waals surface area contributed by atoms with Crippen molar-refractivity contribution >= 4 is 0 Å². The predicted octanol–water partition coefficient (Wildman–Crippen LogP) is 4.03. The van der Waals surface area contributed by atoms with E-state index >= 15 is 0 Å². The van der Waals surface area contributed by atoms with E-state index in [0.29, 0.717) is 35.5 Å². The number of piperidine rings is 1. The third kappa shape index (κ3) is 3.15. The Morgan fingerprint density at radius 1 is 1.16 bits per heavy atom. The quantitative estimate of drug-likeness (QED) is 0.571. The summed E-state index contributed by atoms with van der Waals surface area (Å²) < 4.78 is 6.89. The first-order chi connectivity index (χ1) is 14.4. The van der Waals surface area contributed by atoms with Gasteiger partial charge in [-0.1, -0.05) is 43.6 Å². The molecule has 4 heteroatoms. The van der Waals surface area contributed by atoms with Crippen molar-refractivity contribution in [2.45, 2.75) is 97.0 Å². The lowest BCUT2D eigenvalue weighted by Crippen LogP contribution is -2.61. The molecule has 2 aliphatic heterocycles. The lowest BCUT2D eigenvalue weighted by molar-refractivity contribution is -0.143. The highest BCUT2D eigenvalue weighted by Crippen LogP contribution is 2.64. The molecule has 2 saturated heterocycles. The fourth-order valence-corrected chi connectivity index (χ4v) is 9.08. The fourth-order valence-electron chi connectivity index (χ4n) is 9.08. The van der Waals surface area contributed by atoms with E-state index in [1.807, 2.05) is 5.57 Å². The van der Waals surface area contributed by atoms with Crippen molar-refractivity contribution in [1.29, 1.82) is 0 Å². The van der Waals surface area contributed by atoms with Crippen LogP contribution in [0.2, 0.25) is 0 Å². The van der Waals surface area contributed by atoms with Gasteiger partial charge in [-0.25, -0.2) is 0 Å². The summed E-state index contributed by atoms with van der Waals surface area (Å²) >= 11 is 0. The molecular weight excluding hydrogens is 386 g/mol. The van der Waals surface area contributed by atoms with Gasteiger partial charge in [-0.15, -0.1) is 0 Å². The number of ether oxygens (including phenoxy) is 1. The summed E-state index contributed by atoms with van der Waals surface area (Å²) in [5, 5.41) is 14.1. The highest BCUT2D eigenvalue weighted by Gasteiger charge is 2.57. The first kappa shape index (κ1) is 22.1. The molecule has 4 fully saturated rings. The van der Waals surface area contributed by atoms with Crippen molar-refractivity contribution in [2.75, 3.05) is 6.54 Å². The molecule has 6 rings (SSSR count). The second-order valence-corrected chi connectivity index (χ2v) is 12.2. The molecule has 31 heavy (non-hydrogen) atoms. The van der Waals surface area contributed by atoms with E-state index in [2.05, 4.69) is 39.1 Å². The molecule has 2 heterocycles. The molecule has 2 saturated carbocycles. The number of allylic oxidation sites excluding steroid dienone is 2. The third-order valence-corrected chi connectivity index (χ3v) is 10.7. The number of aliphatic hydroxyl groups excluding tert-OH is 1. The molecule has 6 aliphatic rings. The molecule has 4 aliphatic carbocycles. The molecule has 0 spiro atoms. The molecule has 10 unspecified atom stereocenters. The second-order valence-electron chi connectivity index (χ2n) is 12.2. The number of aliphatic hydroxyl groups is 1. The van der Waals surface area contributed by atoms with E-state index in [1.165, 1.54) is 32.1 Å². The zero-order valence-electron chi connectivity index (χ0n) is 19.9. The van der Waals surface area contributed by atoms with E-state index in [-0.39, 0.29) is 11.6 Å². The zero-order chi connectivity index (χ0) is 20.8. The number of rotatable bonds is 0. The van der Waals surface area contributed by atoms with Gasteiger partial charge in [-0.05, 0) is 93.4 Å². The van der Waals surface area contributed by atoms with Crippen molar-refractivity contribution in [3.63, 3.8) is 0 Å². The summed E-state index contributed by atoms with van der Waals surface area (Å²) in [5.74, 6) is 4.30. The molecule has 0 amide bonds. The summed E-state index contributed by atoms with van der Waals surface area (Å²) in [4.78, 5) is 0. The highest BCUT2D eigenvalue weighted by atomic mass is 16.5. The first-order valence-corrected chi connectivity index (χ1v) is 12.8. The van der Waals surface area contributed by atoms with Gasteiger partial charge in [0.05, 0.1) is 18.3 Å². The van der Waals surface area contributed by atoms with Gasteiger partial charge in [0, 0.05) is 12.0 Å². The standard InChI is InChI=1S/C27H41NO2.H2O/c1-14-9-24-26(28-13-14)16(3)25-15(2)20-11-22-19(21(20)12-23(25)30-24)6-5-17-10-18(29)7-8-27(17,22)4;/h5,14,16,18-19,21-26,28-29H,6-13H2,1-4H3;1H2/t14?,16?,18?,19?,21?,22?,23?,24?,25?,26?,27-;/m0./s1. The Morgan fingerprint density at radius 2 is 1.97 bits per heavy atom. The topological polar surface area (TPSA) is 73.0 Å². The number of hydrogen-bond acceptors (Lipinski definition) is 3. The number of fused-ring (bicyclic) bond motifs is 7. The Kier molecular flexibility index (Phi) is 5.49. The van der Waals surface area contributed by atoms with Gasteiger partial charge in [-0.3, -0.25) is 0 Å². The van der Waals surface area contributed by atoms with Gasteiger partial charge in [0.15, 0.2) is 0 Å². The molecule has 0 aromatic heterocycles. The summed E-state index contributed by atoms with van der Waals surface area (Å²) in [7, 11) is 0. The van der Waals surface area contributed by atoms with E-state index < -0.39 is 0 Å². The minimum atomic E-state index is -0.110. The SMILES string of the molecule is CC1=C2CC3C(CC=C4CC(O)CC[C@@]43C)C2CC2OC3CC(C)CNC3C(C)C12.O. The smallest absolute Gasteiger partial charge is 0.0737 e. The van der Waals surface area contributed by atoms with Crippen LogP contribution in [0.5, 0.6) is 0 Å². The van der Waals surface area contributed by atoms with Crippen LogP contribution in [0.4, 0.5) is 0 Å². The number of hydrogen-bond donors (Lipinski definition) is 2. The van der Waals surface area contributed by atoms with Crippen LogP contribution < -0.4 is 5.32 Å². The minimum absolute atomic E-state index is 0. The fraction of sp³-hybridized carbons (Fsp3) is 0.852. The van der Waals surface area contributed by atoms with Gasteiger partial charge in [-0.2, -0.15) is 0 Å². The Balaban J connectivity index is 0.00000204. The van der Waals surface area contributed by atoms with Crippen LogP contribution >= 0.6 is 0 Å². The lowest BCUT2D eigenvalue weighted by Gasteiger charge is -2.53. The van der Waals surface area contributed by atoms with Gasteiger partial charge < -0.3 is 20.6 Å². The molecular formula is C27H43NO3. The van der Waals surface area contributed by atoms with Crippen molar-refractivity contribution in [2.24, 2.45) is 40.9 Å². The zero-order valence-corrected chi connectivity index (χ0v) is 19.9. The van der Waals surface area contributed by atoms with E-state index in [4.69, 9.17) is 4.74 Å². The van der Waals surface area contributed by atoms with Gasteiger partial charge in [0.1, 0.15) is 0 Å². The van der Waals surface area contributed by atoms with Crippen molar-refractivity contribution in [1.82, 2.24) is 5.32 Å². The van der Waals surface area contributed by atoms with E-state index in [0.717, 1.165) is 43.1 Å². The summed E-state index contributed by atoms with van der Waals surface area (Å²) in [6, 6.07) is 0.531. The summed E-state index contributed by atoms with van der Waals surface area (Å²) in [6.07, 6.45) is 11.3. The van der Waals surface area contributed by atoms with Gasteiger partial charge in [0.2, 0.25) is 0 Å². The maximum Gasteiger partial charge on any atom is 0.0737 e. The summed E-state index contributed by atoms with van der Waals surface area (Å²) in [6.45, 7) is 11.0. The Bertz CT molecular complexity index is 789. The van der Waals surface area contributed by atoms with Gasteiger partial charge in [0.25, 0.3) is 0 Å². The highest BCUT2D eigenvalue weighted by molar-refractivity contribution is 5.35. The molecule has 11 atom stereocenters. The monoisotopic (exact) mass is 429 g/mol.